The molecule has 1 aliphatic heterocycles. The number of methoxy groups -OCH3 is 2. The lowest BCUT2D eigenvalue weighted by Crippen LogP contribution is -2.42. The van der Waals surface area contributed by atoms with E-state index in [4.69, 9.17) is 14.2 Å². The zero-order valence-electron chi connectivity index (χ0n) is 13.9. The summed E-state index contributed by atoms with van der Waals surface area (Å²) in [7, 11) is 3.10. The molecule has 1 unspecified atom stereocenters. The Morgan fingerprint density at radius 3 is 2.58 bits per heavy atom. The van der Waals surface area contributed by atoms with Crippen molar-refractivity contribution in [1.82, 2.24) is 4.90 Å². The van der Waals surface area contributed by atoms with Crippen molar-refractivity contribution in [3.63, 3.8) is 0 Å². The van der Waals surface area contributed by atoms with Crippen LogP contribution in [0.3, 0.4) is 0 Å². The number of amides is 1. The van der Waals surface area contributed by atoms with Crippen LogP contribution >= 0.6 is 0 Å². The molecule has 5 nitrogen and oxygen atoms in total. The Kier molecular flexibility index (Phi) is 5.01. The minimum Gasteiger partial charge on any atom is -0.493 e. The van der Waals surface area contributed by atoms with Gasteiger partial charge in [-0.2, -0.15) is 0 Å². The molecular weight excluding hydrogens is 306 g/mol. The largest absolute Gasteiger partial charge is 0.493 e. The summed E-state index contributed by atoms with van der Waals surface area (Å²) in [4.78, 5) is 14.8. The van der Waals surface area contributed by atoms with E-state index in [0.717, 1.165) is 5.56 Å². The molecule has 24 heavy (non-hydrogen) atoms. The fourth-order valence-electron chi connectivity index (χ4n) is 2.93. The van der Waals surface area contributed by atoms with Crippen molar-refractivity contribution in [3.8, 4) is 11.5 Å². The second-order valence-electron chi connectivity index (χ2n) is 5.56. The Balaban J connectivity index is 1.83. The highest BCUT2D eigenvalue weighted by atomic mass is 16.5. The maximum absolute atomic E-state index is 13.0. The molecular formula is C19H21NO4. The van der Waals surface area contributed by atoms with Gasteiger partial charge in [-0.25, -0.2) is 0 Å². The van der Waals surface area contributed by atoms with Gasteiger partial charge in [0.05, 0.1) is 32.9 Å². The zero-order valence-corrected chi connectivity index (χ0v) is 13.9. The molecule has 2 aromatic rings. The number of hydrogen-bond acceptors (Lipinski definition) is 4. The fraction of sp³-hybridized carbons (Fsp3) is 0.316. The quantitative estimate of drug-likeness (QED) is 0.866. The Morgan fingerprint density at radius 1 is 1.08 bits per heavy atom. The lowest BCUT2D eigenvalue weighted by molar-refractivity contribution is -0.0229. The summed E-state index contributed by atoms with van der Waals surface area (Å²) in [5.41, 5.74) is 1.58. The molecule has 0 bridgehead atoms. The summed E-state index contributed by atoms with van der Waals surface area (Å²) in [6.45, 7) is 1.59. The van der Waals surface area contributed by atoms with Crippen molar-refractivity contribution in [1.29, 1.82) is 0 Å². The van der Waals surface area contributed by atoms with Crippen molar-refractivity contribution >= 4 is 5.91 Å². The van der Waals surface area contributed by atoms with E-state index in [-0.39, 0.29) is 12.0 Å². The number of hydrogen-bond donors (Lipinski definition) is 0. The molecule has 0 aromatic heterocycles. The molecule has 1 fully saturated rings. The van der Waals surface area contributed by atoms with Gasteiger partial charge in [0.15, 0.2) is 11.5 Å². The number of carbonyl (C=O) groups excluding carboxylic acids is 1. The van der Waals surface area contributed by atoms with Gasteiger partial charge in [-0.3, -0.25) is 4.79 Å². The minimum atomic E-state index is -0.111. The van der Waals surface area contributed by atoms with E-state index in [0.29, 0.717) is 36.8 Å². The number of ether oxygens (including phenoxy) is 3. The number of para-hydroxylation sites is 1. The summed E-state index contributed by atoms with van der Waals surface area (Å²) < 4.78 is 16.5. The van der Waals surface area contributed by atoms with E-state index < -0.39 is 0 Å². The Morgan fingerprint density at radius 2 is 1.88 bits per heavy atom. The normalized spacial score (nSPS) is 17.4. The van der Waals surface area contributed by atoms with Crippen LogP contribution in [-0.4, -0.2) is 44.7 Å². The van der Waals surface area contributed by atoms with E-state index in [9.17, 15) is 4.79 Å². The van der Waals surface area contributed by atoms with E-state index in [1.54, 1.807) is 37.3 Å². The van der Waals surface area contributed by atoms with Crippen LogP contribution < -0.4 is 9.47 Å². The molecule has 1 heterocycles. The van der Waals surface area contributed by atoms with Crippen LogP contribution in [0.5, 0.6) is 11.5 Å². The van der Waals surface area contributed by atoms with Gasteiger partial charge in [-0.1, -0.05) is 36.4 Å². The van der Waals surface area contributed by atoms with Gasteiger partial charge in [-0.15, -0.1) is 0 Å². The Labute approximate surface area is 141 Å². The van der Waals surface area contributed by atoms with E-state index in [1.807, 2.05) is 30.3 Å². The average molecular weight is 327 g/mol. The van der Waals surface area contributed by atoms with Crippen molar-refractivity contribution in [2.24, 2.45) is 0 Å². The highest BCUT2D eigenvalue weighted by molar-refractivity contribution is 5.98. The van der Waals surface area contributed by atoms with Crippen LogP contribution in [0.25, 0.3) is 0 Å². The van der Waals surface area contributed by atoms with Crippen LogP contribution in [0.2, 0.25) is 0 Å². The lowest BCUT2D eigenvalue weighted by atomic mass is 10.1. The number of carbonyl (C=O) groups is 1. The van der Waals surface area contributed by atoms with Gasteiger partial charge in [0.1, 0.15) is 6.10 Å². The summed E-state index contributed by atoms with van der Waals surface area (Å²) in [6.07, 6.45) is -0.111. The van der Waals surface area contributed by atoms with Gasteiger partial charge in [0.2, 0.25) is 0 Å². The summed E-state index contributed by atoms with van der Waals surface area (Å²) in [5, 5.41) is 0. The van der Waals surface area contributed by atoms with Crippen LogP contribution in [-0.2, 0) is 4.74 Å². The third-order valence-electron chi connectivity index (χ3n) is 4.16. The van der Waals surface area contributed by atoms with E-state index in [1.165, 1.54) is 0 Å². The summed E-state index contributed by atoms with van der Waals surface area (Å²) >= 11 is 0. The third kappa shape index (κ3) is 3.21. The lowest BCUT2D eigenvalue weighted by Gasteiger charge is -2.33. The molecule has 126 valence electrons. The fourth-order valence-corrected chi connectivity index (χ4v) is 2.93. The molecule has 0 aliphatic carbocycles. The average Bonchev–Trinajstić information content (AvgIpc) is 2.67. The van der Waals surface area contributed by atoms with E-state index in [2.05, 4.69) is 0 Å². The number of rotatable bonds is 4. The predicted octanol–water partition coefficient (Wildman–Crippen LogP) is 2.92. The molecule has 5 heteroatoms. The first-order valence-corrected chi connectivity index (χ1v) is 7.91. The van der Waals surface area contributed by atoms with Crippen molar-refractivity contribution in [2.75, 3.05) is 33.9 Å². The molecule has 1 aliphatic rings. The Bertz CT molecular complexity index is 702. The van der Waals surface area contributed by atoms with Crippen LogP contribution in [0.1, 0.15) is 22.0 Å². The van der Waals surface area contributed by atoms with Gasteiger partial charge in [-0.05, 0) is 17.7 Å². The monoisotopic (exact) mass is 327 g/mol. The second kappa shape index (κ2) is 7.36. The van der Waals surface area contributed by atoms with Crippen molar-refractivity contribution < 1.29 is 19.0 Å². The molecule has 2 aromatic carbocycles. The Hall–Kier alpha value is -2.53. The smallest absolute Gasteiger partial charge is 0.257 e. The highest BCUT2D eigenvalue weighted by Gasteiger charge is 2.28. The zero-order chi connectivity index (χ0) is 16.9. The van der Waals surface area contributed by atoms with E-state index >= 15 is 0 Å². The number of morpholine rings is 1. The SMILES string of the molecule is COc1cccc(C(=O)N2CCOC(c3ccccc3)C2)c1OC. The first-order chi connectivity index (χ1) is 11.7. The molecule has 0 saturated carbocycles. The number of benzene rings is 2. The topological polar surface area (TPSA) is 48.0 Å². The standard InChI is InChI=1S/C19H21NO4/c1-22-16-10-6-9-15(18(16)23-2)19(21)20-11-12-24-17(13-20)14-7-4-3-5-8-14/h3-10,17H,11-13H2,1-2H3. The molecule has 1 amide bonds. The summed E-state index contributed by atoms with van der Waals surface area (Å²) in [5.74, 6) is 0.943. The molecule has 0 radical (unpaired) electrons. The van der Waals surface area contributed by atoms with Gasteiger partial charge < -0.3 is 19.1 Å². The van der Waals surface area contributed by atoms with Crippen LogP contribution in [0.15, 0.2) is 48.5 Å². The first kappa shape index (κ1) is 16.3. The van der Waals surface area contributed by atoms with Gasteiger partial charge >= 0.3 is 0 Å². The molecule has 1 atom stereocenters. The molecule has 1 saturated heterocycles. The predicted molar refractivity (Wildman–Crippen MR) is 90.6 cm³/mol. The summed E-state index contributed by atoms with van der Waals surface area (Å²) in [6, 6.07) is 15.3. The third-order valence-corrected chi connectivity index (χ3v) is 4.16. The van der Waals surface area contributed by atoms with Crippen LogP contribution in [0.4, 0.5) is 0 Å². The minimum absolute atomic E-state index is 0.0741. The van der Waals surface area contributed by atoms with Gasteiger partial charge in [0, 0.05) is 6.54 Å². The highest BCUT2D eigenvalue weighted by Crippen LogP contribution is 2.32. The van der Waals surface area contributed by atoms with Crippen LogP contribution in [0, 0.1) is 0 Å². The maximum atomic E-state index is 13.0. The number of nitrogens with zero attached hydrogens (tertiary/aromatic N) is 1. The maximum Gasteiger partial charge on any atom is 0.257 e. The van der Waals surface area contributed by atoms with Crippen molar-refractivity contribution in [3.05, 3.63) is 59.7 Å². The molecule has 0 N–H and O–H groups in total. The van der Waals surface area contributed by atoms with Crippen molar-refractivity contribution in [2.45, 2.75) is 6.10 Å². The van der Waals surface area contributed by atoms with Gasteiger partial charge in [0.25, 0.3) is 5.91 Å². The first-order valence-electron chi connectivity index (χ1n) is 7.91. The second-order valence-corrected chi connectivity index (χ2v) is 5.56. The molecule has 3 rings (SSSR count). The molecule has 0 spiro atoms.